The molecular weight excluding hydrogens is 322 g/mol. The lowest BCUT2D eigenvalue weighted by Crippen LogP contribution is -2.35. The first kappa shape index (κ1) is 17.0. The molecule has 0 bridgehead atoms. The summed E-state index contributed by atoms with van der Waals surface area (Å²) in [6.45, 7) is 0.296. The Labute approximate surface area is 143 Å². The maximum Gasteiger partial charge on any atom is 0.214 e. The van der Waals surface area contributed by atoms with Gasteiger partial charge in [-0.05, 0) is 42.7 Å². The predicted octanol–water partition coefficient (Wildman–Crippen LogP) is 4.23. The third kappa shape index (κ3) is 4.58. The molecule has 1 saturated carbocycles. The second-order valence-corrected chi connectivity index (χ2v) is 8.23. The van der Waals surface area contributed by atoms with Crippen molar-refractivity contribution in [1.29, 1.82) is 0 Å². The molecule has 0 radical (unpaired) electrons. The summed E-state index contributed by atoms with van der Waals surface area (Å²) in [7, 11) is -3.24. The van der Waals surface area contributed by atoms with E-state index < -0.39 is 10.0 Å². The van der Waals surface area contributed by atoms with Crippen molar-refractivity contribution in [2.45, 2.75) is 43.9 Å². The maximum atomic E-state index is 12.4. The van der Waals surface area contributed by atoms with E-state index in [-0.39, 0.29) is 5.25 Å². The molecule has 1 aliphatic rings. The molecule has 2 aromatic carbocycles. The molecule has 0 unspecified atom stereocenters. The lowest BCUT2D eigenvalue weighted by atomic mass is 10.0. The lowest BCUT2D eigenvalue weighted by Gasteiger charge is -2.22. The Kier molecular flexibility index (Phi) is 5.53. The molecule has 128 valence electrons. The predicted molar refractivity (Wildman–Crippen MR) is 95.6 cm³/mol. The maximum absolute atomic E-state index is 12.4. The van der Waals surface area contributed by atoms with Crippen LogP contribution in [0.15, 0.2) is 54.6 Å². The number of sulfonamides is 1. The van der Waals surface area contributed by atoms with Crippen molar-refractivity contribution in [3.63, 3.8) is 0 Å². The van der Waals surface area contributed by atoms with Crippen molar-refractivity contribution in [2.24, 2.45) is 0 Å². The van der Waals surface area contributed by atoms with Crippen LogP contribution in [-0.2, 0) is 16.6 Å². The molecule has 0 aromatic heterocycles. The molecule has 0 aliphatic heterocycles. The Balaban J connectivity index is 1.62. The highest BCUT2D eigenvalue weighted by Crippen LogP contribution is 2.24. The van der Waals surface area contributed by atoms with E-state index in [0.29, 0.717) is 12.3 Å². The standard InChI is InChI=1S/C19H23NO3S/c21-24(22,19-12-5-2-6-13-19)20-15-16-8-7-11-18(14-16)23-17-9-3-1-4-10-17/h1,3-4,7-11,14,19-20H,2,5-6,12-13,15H2. The first-order chi connectivity index (χ1) is 11.6. The van der Waals surface area contributed by atoms with E-state index in [0.717, 1.165) is 43.4 Å². The summed E-state index contributed by atoms with van der Waals surface area (Å²) in [4.78, 5) is 0. The van der Waals surface area contributed by atoms with E-state index in [1.165, 1.54) is 0 Å². The van der Waals surface area contributed by atoms with Gasteiger partial charge >= 0.3 is 0 Å². The van der Waals surface area contributed by atoms with Gasteiger partial charge in [0.2, 0.25) is 10.0 Å². The average Bonchev–Trinajstić information content (AvgIpc) is 2.62. The van der Waals surface area contributed by atoms with Gasteiger partial charge in [0.1, 0.15) is 11.5 Å². The third-order valence-electron chi connectivity index (χ3n) is 4.35. The molecular formula is C19H23NO3S. The highest BCUT2D eigenvalue weighted by atomic mass is 32.2. The smallest absolute Gasteiger partial charge is 0.214 e. The largest absolute Gasteiger partial charge is 0.457 e. The summed E-state index contributed by atoms with van der Waals surface area (Å²) in [6.07, 6.45) is 4.70. The van der Waals surface area contributed by atoms with Crippen molar-refractivity contribution >= 4 is 10.0 Å². The quantitative estimate of drug-likeness (QED) is 0.852. The number of nitrogens with one attached hydrogen (secondary N) is 1. The number of ether oxygens (including phenoxy) is 1. The lowest BCUT2D eigenvalue weighted by molar-refractivity contribution is 0.476. The molecule has 2 aromatic rings. The minimum Gasteiger partial charge on any atom is -0.457 e. The monoisotopic (exact) mass is 345 g/mol. The van der Waals surface area contributed by atoms with Crippen LogP contribution in [0.2, 0.25) is 0 Å². The summed E-state index contributed by atoms with van der Waals surface area (Å²) in [5, 5.41) is -0.241. The second-order valence-electron chi connectivity index (χ2n) is 6.19. The number of hydrogen-bond donors (Lipinski definition) is 1. The molecule has 1 N–H and O–H groups in total. The van der Waals surface area contributed by atoms with Crippen LogP contribution >= 0.6 is 0 Å². The molecule has 5 heteroatoms. The number of benzene rings is 2. The summed E-state index contributed by atoms with van der Waals surface area (Å²) in [5.41, 5.74) is 0.891. The van der Waals surface area contributed by atoms with E-state index in [4.69, 9.17) is 4.74 Å². The van der Waals surface area contributed by atoms with Crippen molar-refractivity contribution in [2.75, 3.05) is 0 Å². The first-order valence-corrected chi connectivity index (χ1v) is 9.98. The van der Waals surface area contributed by atoms with Crippen LogP contribution < -0.4 is 9.46 Å². The number of rotatable bonds is 6. The van der Waals surface area contributed by atoms with Crippen molar-refractivity contribution in [1.82, 2.24) is 4.72 Å². The molecule has 0 saturated heterocycles. The van der Waals surface area contributed by atoms with Gasteiger partial charge in [0.15, 0.2) is 0 Å². The molecule has 4 nitrogen and oxygen atoms in total. The van der Waals surface area contributed by atoms with Gasteiger partial charge in [-0.3, -0.25) is 0 Å². The van der Waals surface area contributed by atoms with Gasteiger partial charge in [-0.2, -0.15) is 0 Å². The molecule has 0 heterocycles. The molecule has 24 heavy (non-hydrogen) atoms. The molecule has 1 fully saturated rings. The van der Waals surface area contributed by atoms with Crippen LogP contribution in [0.5, 0.6) is 11.5 Å². The van der Waals surface area contributed by atoms with Crippen molar-refractivity contribution in [3.05, 3.63) is 60.2 Å². The third-order valence-corrected chi connectivity index (χ3v) is 6.24. The van der Waals surface area contributed by atoms with E-state index in [1.54, 1.807) is 0 Å². The summed E-state index contributed by atoms with van der Waals surface area (Å²) in [5.74, 6) is 1.47. The zero-order valence-electron chi connectivity index (χ0n) is 13.6. The number of para-hydroxylation sites is 1. The summed E-state index contributed by atoms with van der Waals surface area (Å²) >= 11 is 0. The van der Waals surface area contributed by atoms with Gasteiger partial charge < -0.3 is 4.74 Å². The minimum absolute atomic E-state index is 0.241. The van der Waals surface area contributed by atoms with Crippen LogP contribution in [-0.4, -0.2) is 13.7 Å². The van der Waals surface area contributed by atoms with Gasteiger partial charge in [-0.15, -0.1) is 0 Å². The van der Waals surface area contributed by atoms with Gasteiger partial charge in [0.05, 0.1) is 5.25 Å². The zero-order valence-corrected chi connectivity index (χ0v) is 14.5. The Morgan fingerprint density at radius 2 is 1.62 bits per heavy atom. The normalized spacial score (nSPS) is 16.0. The Morgan fingerprint density at radius 1 is 0.917 bits per heavy atom. The van der Waals surface area contributed by atoms with Crippen molar-refractivity contribution < 1.29 is 13.2 Å². The van der Waals surface area contributed by atoms with Crippen LogP contribution in [0, 0.1) is 0 Å². The van der Waals surface area contributed by atoms with Gasteiger partial charge in [-0.25, -0.2) is 13.1 Å². The van der Waals surface area contributed by atoms with E-state index in [1.807, 2.05) is 54.6 Å². The summed E-state index contributed by atoms with van der Waals surface area (Å²) < 4.78 is 33.3. The van der Waals surface area contributed by atoms with Crippen LogP contribution in [0.25, 0.3) is 0 Å². The summed E-state index contributed by atoms with van der Waals surface area (Å²) in [6, 6.07) is 17.1. The molecule has 0 amide bonds. The molecule has 0 spiro atoms. The fraction of sp³-hybridized carbons (Fsp3) is 0.368. The van der Waals surface area contributed by atoms with Gasteiger partial charge in [0, 0.05) is 6.54 Å². The fourth-order valence-corrected chi connectivity index (χ4v) is 4.58. The Morgan fingerprint density at radius 3 is 2.38 bits per heavy atom. The van der Waals surface area contributed by atoms with Crippen LogP contribution in [0.1, 0.15) is 37.7 Å². The highest BCUT2D eigenvalue weighted by Gasteiger charge is 2.26. The molecule has 3 rings (SSSR count). The first-order valence-electron chi connectivity index (χ1n) is 8.44. The minimum atomic E-state index is -3.24. The van der Waals surface area contributed by atoms with E-state index in [2.05, 4.69) is 4.72 Å². The van der Waals surface area contributed by atoms with Crippen LogP contribution in [0.4, 0.5) is 0 Å². The highest BCUT2D eigenvalue weighted by molar-refractivity contribution is 7.90. The Hall–Kier alpha value is -1.85. The van der Waals surface area contributed by atoms with Crippen LogP contribution in [0.3, 0.4) is 0 Å². The average molecular weight is 345 g/mol. The topological polar surface area (TPSA) is 55.4 Å². The molecule has 0 atom stereocenters. The number of hydrogen-bond acceptors (Lipinski definition) is 3. The van der Waals surface area contributed by atoms with E-state index >= 15 is 0 Å². The van der Waals surface area contributed by atoms with Gasteiger partial charge in [0.25, 0.3) is 0 Å². The Bertz CT molecular complexity index is 753. The molecule has 1 aliphatic carbocycles. The second kappa shape index (κ2) is 7.81. The van der Waals surface area contributed by atoms with E-state index in [9.17, 15) is 8.42 Å². The zero-order chi connectivity index (χ0) is 16.8. The fourth-order valence-electron chi connectivity index (χ4n) is 3.02. The van der Waals surface area contributed by atoms with Crippen molar-refractivity contribution in [3.8, 4) is 11.5 Å². The SMILES string of the molecule is O=S(=O)(NCc1cccc(Oc2ccccc2)c1)C1CCCCC1. The van der Waals surface area contributed by atoms with Gasteiger partial charge in [-0.1, -0.05) is 49.6 Å².